The van der Waals surface area contributed by atoms with E-state index in [0.717, 1.165) is 30.6 Å². The van der Waals surface area contributed by atoms with Crippen LogP contribution < -0.4 is 0 Å². The van der Waals surface area contributed by atoms with Gasteiger partial charge in [0, 0.05) is 38.1 Å². The number of hydrogen-bond acceptors (Lipinski definition) is 3. The second-order valence-electron chi connectivity index (χ2n) is 7.72. The number of amides is 2. The highest BCUT2D eigenvalue weighted by Gasteiger charge is 2.37. The molecule has 148 valence electrons. The molecule has 0 N–H and O–H groups in total. The quantitative estimate of drug-likeness (QED) is 0.772. The predicted octanol–water partition coefficient (Wildman–Crippen LogP) is 2.37. The van der Waals surface area contributed by atoms with E-state index in [1.54, 1.807) is 4.90 Å². The molecule has 2 aromatic rings. The van der Waals surface area contributed by atoms with Crippen molar-refractivity contribution in [2.45, 2.75) is 38.4 Å². The normalized spacial score (nSPS) is 18.6. The van der Waals surface area contributed by atoms with Crippen LogP contribution in [0.4, 0.5) is 0 Å². The lowest BCUT2D eigenvalue weighted by Crippen LogP contribution is -2.49. The van der Waals surface area contributed by atoms with E-state index in [0.29, 0.717) is 6.54 Å². The van der Waals surface area contributed by atoms with E-state index < -0.39 is 0 Å². The van der Waals surface area contributed by atoms with Crippen LogP contribution in [0.3, 0.4) is 0 Å². The van der Waals surface area contributed by atoms with E-state index >= 15 is 0 Å². The summed E-state index contributed by atoms with van der Waals surface area (Å²) in [5, 5.41) is 0. The first-order chi connectivity index (χ1) is 13.6. The van der Waals surface area contributed by atoms with Gasteiger partial charge in [-0.2, -0.15) is 0 Å². The van der Waals surface area contributed by atoms with Crippen molar-refractivity contribution in [1.29, 1.82) is 0 Å². The minimum Gasteiger partial charge on any atom is -0.375 e. The number of carbonyl (C=O) groups is 2. The van der Waals surface area contributed by atoms with Gasteiger partial charge in [-0.1, -0.05) is 29.8 Å². The number of nitrogens with zero attached hydrogens (tertiary/aromatic N) is 3. The molecule has 0 saturated heterocycles. The summed E-state index contributed by atoms with van der Waals surface area (Å²) < 4.78 is 7.22. The highest BCUT2D eigenvalue weighted by Crippen LogP contribution is 2.34. The Hall–Kier alpha value is -2.60. The largest absolute Gasteiger partial charge is 0.375 e. The Labute approximate surface area is 165 Å². The van der Waals surface area contributed by atoms with Crippen molar-refractivity contribution in [3.05, 3.63) is 59.4 Å². The molecule has 1 fully saturated rings. The van der Waals surface area contributed by atoms with Gasteiger partial charge in [-0.25, -0.2) is 0 Å². The van der Waals surface area contributed by atoms with Gasteiger partial charge >= 0.3 is 0 Å². The van der Waals surface area contributed by atoms with Gasteiger partial charge in [-0.15, -0.1) is 0 Å². The van der Waals surface area contributed by atoms with Crippen molar-refractivity contribution in [1.82, 2.24) is 14.4 Å². The maximum absolute atomic E-state index is 13.3. The Morgan fingerprint density at radius 1 is 1.18 bits per heavy atom. The highest BCUT2D eigenvalue weighted by molar-refractivity contribution is 5.86. The molecule has 1 aromatic carbocycles. The number of rotatable bonds is 6. The van der Waals surface area contributed by atoms with E-state index in [9.17, 15) is 9.59 Å². The fraction of sp³-hybridized carbons (Fsp3) is 0.455. The Kier molecular flexibility index (Phi) is 5.22. The van der Waals surface area contributed by atoms with Crippen LogP contribution in [0.25, 0.3) is 0 Å². The van der Waals surface area contributed by atoms with E-state index in [1.807, 2.05) is 17.0 Å². The van der Waals surface area contributed by atoms with Crippen molar-refractivity contribution < 1.29 is 14.3 Å². The predicted molar refractivity (Wildman–Crippen MR) is 106 cm³/mol. The van der Waals surface area contributed by atoms with Crippen LogP contribution in [0.2, 0.25) is 0 Å². The number of aromatic nitrogens is 1. The zero-order valence-corrected chi connectivity index (χ0v) is 16.5. The molecular formula is C22H27N3O3. The van der Waals surface area contributed by atoms with E-state index in [-0.39, 0.29) is 37.0 Å². The molecular weight excluding hydrogens is 354 g/mol. The molecule has 6 heteroatoms. The lowest BCUT2D eigenvalue weighted by Gasteiger charge is -2.38. The average molecular weight is 381 g/mol. The van der Waals surface area contributed by atoms with Crippen molar-refractivity contribution in [2.24, 2.45) is 0 Å². The second kappa shape index (κ2) is 7.80. The minimum atomic E-state index is -0.130. The van der Waals surface area contributed by atoms with Gasteiger partial charge in [0.25, 0.3) is 0 Å². The Morgan fingerprint density at radius 3 is 2.71 bits per heavy atom. The average Bonchev–Trinajstić information content (AvgIpc) is 3.41. The first-order valence-corrected chi connectivity index (χ1v) is 9.88. The van der Waals surface area contributed by atoms with Crippen LogP contribution in [0.15, 0.2) is 42.6 Å². The number of methoxy groups -OCH3 is 1. The first kappa shape index (κ1) is 18.7. The summed E-state index contributed by atoms with van der Waals surface area (Å²) in [6.45, 7) is 3.61. The summed E-state index contributed by atoms with van der Waals surface area (Å²) in [6, 6.07) is 12.5. The van der Waals surface area contributed by atoms with E-state index in [4.69, 9.17) is 4.74 Å². The topological polar surface area (TPSA) is 54.8 Å². The van der Waals surface area contributed by atoms with Gasteiger partial charge < -0.3 is 19.1 Å². The molecule has 4 rings (SSSR count). The number of ether oxygens (including phenoxy) is 1. The Balaban J connectivity index is 1.61. The maximum atomic E-state index is 13.3. The summed E-state index contributed by atoms with van der Waals surface area (Å²) >= 11 is 0. The third kappa shape index (κ3) is 3.69. The van der Waals surface area contributed by atoms with Crippen molar-refractivity contribution in [3.63, 3.8) is 0 Å². The van der Waals surface area contributed by atoms with Gasteiger partial charge in [0.2, 0.25) is 11.8 Å². The molecule has 1 saturated carbocycles. The summed E-state index contributed by atoms with van der Waals surface area (Å²) in [5.41, 5.74) is 3.39. The van der Waals surface area contributed by atoms with Gasteiger partial charge in [0.1, 0.15) is 13.2 Å². The smallest absolute Gasteiger partial charge is 0.249 e. The number of carbonyl (C=O) groups excluding carboxylic acids is 2. The zero-order chi connectivity index (χ0) is 19.7. The summed E-state index contributed by atoms with van der Waals surface area (Å²) in [7, 11) is 1.51. The van der Waals surface area contributed by atoms with Crippen molar-refractivity contribution in [3.8, 4) is 0 Å². The molecule has 1 aliphatic heterocycles. The van der Waals surface area contributed by atoms with Crippen LogP contribution >= 0.6 is 0 Å². The molecule has 1 aromatic heterocycles. The minimum absolute atomic E-state index is 0.00434. The number of benzene rings is 1. The van der Waals surface area contributed by atoms with Crippen LogP contribution in [0, 0.1) is 6.92 Å². The van der Waals surface area contributed by atoms with Crippen LogP contribution in [-0.4, -0.2) is 59.0 Å². The van der Waals surface area contributed by atoms with Crippen LogP contribution in [0.1, 0.15) is 35.7 Å². The van der Waals surface area contributed by atoms with Crippen molar-refractivity contribution >= 4 is 11.8 Å². The number of fused-ring (bicyclic) bond motifs is 1. The van der Waals surface area contributed by atoms with Gasteiger partial charge in [-0.3, -0.25) is 9.59 Å². The van der Waals surface area contributed by atoms with Crippen LogP contribution in [0.5, 0.6) is 0 Å². The zero-order valence-electron chi connectivity index (χ0n) is 16.5. The van der Waals surface area contributed by atoms with Crippen LogP contribution in [-0.2, 0) is 20.9 Å². The molecule has 0 unspecified atom stereocenters. The molecule has 2 aliphatic rings. The van der Waals surface area contributed by atoms with Gasteiger partial charge in [-0.05, 0) is 37.5 Å². The molecule has 1 aliphatic carbocycles. The lowest BCUT2D eigenvalue weighted by atomic mass is 9.98. The molecule has 28 heavy (non-hydrogen) atoms. The Bertz CT molecular complexity index is 871. The van der Waals surface area contributed by atoms with E-state index in [2.05, 4.69) is 42.0 Å². The lowest BCUT2D eigenvalue weighted by molar-refractivity contribution is -0.144. The van der Waals surface area contributed by atoms with Crippen molar-refractivity contribution in [2.75, 3.05) is 26.8 Å². The standard InChI is InChI=1S/C22H27N3O3/c1-16-5-3-6-17(13-16)22-19-7-4-10-23(19)11-12-24(22)20(26)14-25(18-8-9-18)21(27)15-28-2/h3-7,10,13,18,22H,8-9,11-12,14-15H2,1-2H3/t22-/m0/s1. The SMILES string of the molecule is COCC(=O)N(CC(=O)N1CCn2cccc2[C@@H]1c1cccc(C)c1)C1CC1. The van der Waals surface area contributed by atoms with Gasteiger partial charge in [0.05, 0.1) is 6.04 Å². The molecule has 2 heterocycles. The molecule has 0 bridgehead atoms. The maximum Gasteiger partial charge on any atom is 0.249 e. The molecule has 0 radical (unpaired) electrons. The fourth-order valence-corrected chi connectivity index (χ4v) is 4.09. The fourth-order valence-electron chi connectivity index (χ4n) is 4.09. The Morgan fingerprint density at radius 2 is 2.00 bits per heavy atom. The number of hydrogen-bond donors (Lipinski definition) is 0. The van der Waals surface area contributed by atoms with Gasteiger partial charge in [0.15, 0.2) is 0 Å². The molecule has 1 atom stereocenters. The monoisotopic (exact) mass is 381 g/mol. The summed E-state index contributed by atoms with van der Waals surface area (Å²) in [6.07, 6.45) is 4.00. The third-order valence-electron chi connectivity index (χ3n) is 5.60. The third-order valence-corrected chi connectivity index (χ3v) is 5.60. The summed E-state index contributed by atoms with van der Waals surface area (Å²) in [4.78, 5) is 29.4. The first-order valence-electron chi connectivity index (χ1n) is 9.88. The highest BCUT2D eigenvalue weighted by atomic mass is 16.5. The summed E-state index contributed by atoms with van der Waals surface area (Å²) in [5.74, 6) is -0.110. The molecule has 6 nitrogen and oxygen atoms in total. The molecule has 2 amide bonds. The number of aryl methyl sites for hydroxylation is 1. The molecule has 0 spiro atoms. The second-order valence-corrected chi connectivity index (χ2v) is 7.72. The van der Waals surface area contributed by atoms with E-state index in [1.165, 1.54) is 12.7 Å².